The van der Waals surface area contributed by atoms with Crippen LogP contribution in [0.1, 0.15) is 44.3 Å². The summed E-state index contributed by atoms with van der Waals surface area (Å²) in [5, 5.41) is 6.54. The van der Waals surface area contributed by atoms with Gasteiger partial charge in [0.05, 0.1) is 6.54 Å². The van der Waals surface area contributed by atoms with Gasteiger partial charge in [-0.2, -0.15) is 4.98 Å². The van der Waals surface area contributed by atoms with E-state index in [-0.39, 0.29) is 0 Å². The number of nitrogens with zero attached hydrogens (tertiary/aromatic N) is 4. The van der Waals surface area contributed by atoms with E-state index in [0.29, 0.717) is 30.6 Å². The molecule has 3 aromatic rings. The van der Waals surface area contributed by atoms with E-state index in [1.165, 1.54) is 31.1 Å². The highest BCUT2D eigenvalue weighted by Crippen LogP contribution is 2.29. The third-order valence-electron chi connectivity index (χ3n) is 6.80. The van der Waals surface area contributed by atoms with E-state index in [9.17, 15) is 4.79 Å². The van der Waals surface area contributed by atoms with Crippen molar-refractivity contribution < 1.29 is 9.32 Å². The van der Waals surface area contributed by atoms with Crippen molar-refractivity contribution in [2.45, 2.75) is 45.1 Å². The number of hydrogen-bond donors (Lipinski definition) is 0. The number of carbonyl (C=O) groups is 1. The van der Waals surface area contributed by atoms with Crippen molar-refractivity contribution in [3.63, 3.8) is 0 Å². The lowest BCUT2D eigenvalue weighted by atomic mass is 10.0. The van der Waals surface area contributed by atoms with Crippen LogP contribution in [0.3, 0.4) is 0 Å². The Morgan fingerprint density at radius 1 is 1.00 bits per heavy atom. The minimum atomic E-state index is 0.324. The first-order valence-corrected chi connectivity index (χ1v) is 11.6. The topological polar surface area (TPSA) is 62.5 Å². The summed E-state index contributed by atoms with van der Waals surface area (Å²) < 4.78 is 5.53. The Balaban J connectivity index is 1.13. The largest absolute Gasteiger partial charge is 0.340 e. The van der Waals surface area contributed by atoms with Crippen LogP contribution in [0.2, 0.25) is 0 Å². The molecule has 0 unspecified atom stereocenters. The minimum Gasteiger partial charge on any atom is -0.340 e. The second kappa shape index (κ2) is 9.18. The smallest absolute Gasteiger partial charge is 0.257 e. The zero-order valence-corrected chi connectivity index (χ0v) is 18.0. The molecule has 0 spiro atoms. The molecule has 2 aromatic carbocycles. The van der Waals surface area contributed by atoms with Gasteiger partial charge in [-0.3, -0.25) is 9.69 Å². The van der Waals surface area contributed by atoms with Gasteiger partial charge in [-0.15, -0.1) is 0 Å². The lowest BCUT2D eigenvalue weighted by molar-refractivity contribution is -0.133. The first kappa shape index (κ1) is 20.2. The highest BCUT2D eigenvalue weighted by Gasteiger charge is 2.24. The van der Waals surface area contributed by atoms with Gasteiger partial charge in [0, 0.05) is 38.2 Å². The molecule has 31 heavy (non-hydrogen) atoms. The number of piperazine rings is 1. The molecular weight excluding hydrogens is 388 g/mol. The van der Waals surface area contributed by atoms with Crippen molar-refractivity contribution >= 4 is 16.7 Å². The van der Waals surface area contributed by atoms with Crippen LogP contribution in [0.25, 0.3) is 22.2 Å². The van der Waals surface area contributed by atoms with E-state index in [4.69, 9.17) is 4.52 Å². The zero-order chi connectivity index (χ0) is 21.0. The molecule has 1 saturated heterocycles. The van der Waals surface area contributed by atoms with E-state index in [1.807, 2.05) is 23.1 Å². The first-order valence-electron chi connectivity index (χ1n) is 11.6. The lowest BCUT2D eigenvalue weighted by Crippen LogP contribution is -2.48. The number of aromatic nitrogens is 2. The van der Waals surface area contributed by atoms with Crippen molar-refractivity contribution in [1.29, 1.82) is 0 Å². The second-order valence-electron chi connectivity index (χ2n) is 8.92. The number of hydrogen-bond acceptors (Lipinski definition) is 5. The maximum Gasteiger partial charge on any atom is 0.257 e. The van der Waals surface area contributed by atoms with E-state index in [2.05, 4.69) is 39.3 Å². The van der Waals surface area contributed by atoms with Gasteiger partial charge in [-0.25, -0.2) is 0 Å². The summed E-state index contributed by atoms with van der Waals surface area (Å²) in [4.78, 5) is 21.5. The quantitative estimate of drug-likeness (QED) is 0.590. The molecule has 1 aliphatic heterocycles. The maximum atomic E-state index is 12.5. The second-order valence-corrected chi connectivity index (χ2v) is 8.92. The SMILES string of the molecule is O=C(CCC1CCCC1)N1CCN(Cc2noc(-c3ccc4ccccc4c3)n2)CC1. The summed E-state index contributed by atoms with van der Waals surface area (Å²) in [6.07, 6.45) is 7.09. The highest BCUT2D eigenvalue weighted by molar-refractivity contribution is 5.86. The fourth-order valence-corrected chi connectivity index (χ4v) is 4.90. The zero-order valence-electron chi connectivity index (χ0n) is 18.0. The molecule has 162 valence electrons. The average Bonchev–Trinajstić information content (AvgIpc) is 3.50. The number of fused-ring (bicyclic) bond motifs is 1. The van der Waals surface area contributed by atoms with E-state index in [0.717, 1.165) is 49.5 Å². The van der Waals surface area contributed by atoms with E-state index >= 15 is 0 Å². The van der Waals surface area contributed by atoms with Crippen LogP contribution < -0.4 is 0 Å². The molecular formula is C25H30N4O2. The van der Waals surface area contributed by atoms with Gasteiger partial charge in [0.25, 0.3) is 5.89 Å². The van der Waals surface area contributed by atoms with Gasteiger partial charge in [0.15, 0.2) is 5.82 Å². The van der Waals surface area contributed by atoms with Gasteiger partial charge in [-0.1, -0.05) is 61.2 Å². The normalized spacial score (nSPS) is 18.1. The molecule has 2 aliphatic rings. The van der Waals surface area contributed by atoms with Crippen LogP contribution in [-0.4, -0.2) is 52.0 Å². The molecule has 1 saturated carbocycles. The number of carbonyl (C=O) groups excluding carboxylic acids is 1. The fraction of sp³-hybridized carbons (Fsp3) is 0.480. The van der Waals surface area contributed by atoms with Crippen LogP contribution in [-0.2, 0) is 11.3 Å². The summed E-state index contributed by atoms with van der Waals surface area (Å²) in [6.45, 7) is 3.95. The van der Waals surface area contributed by atoms with Gasteiger partial charge >= 0.3 is 0 Å². The van der Waals surface area contributed by atoms with E-state index in [1.54, 1.807) is 0 Å². The molecule has 6 heteroatoms. The van der Waals surface area contributed by atoms with Crippen molar-refractivity contribution in [2.75, 3.05) is 26.2 Å². The fourth-order valence-electron chi connectivity index (χ4n) is 4.90. The Bertz CT molecular complexity index is 1030. The average molecular weight is 419 g/mol. The van der Waals surface area contributed by atoms with Crippen LogP contribution in [0.5, 0.6) is 0 Å². The third kappa shape index (κ3) is 4.79. The lowest BCUT2D eigenvalue weighted by Gasteiger charge is -2.34. The monoisotopic (exact) mass is 418 g/mol. The summed E-state index contributed by atoms with van der Waals surface area (Å²) in [6, 6.07) is 14.4. The molecule has 1 aliphatic carbocycles. The number of benzene rings is 2. The van der Waals surface area contributed by atoms with Gasteiger partial charge in [0.1, 0.15) is 0 Å². The Morgan fingerprint density at radius 3 is 2.58 bits per heavy atom. The van der Waals surface area contributed by atoms with Crippen LogP contribution >= 0.6 is 0 Å². The molecule has 0 N–H and O–H groups in total. The molecule has 6 nitrogen and oxygen atoms in total. The predicted octanol–water partition coefficient (Wildman–Crippen LogP) is 4.50. The summed E-state index contributed by atoms with van der Waals surface area (Å²) in [7, 11) is 0. The number of amides is 1. The molecule has 2 heterocycles. The third-order valence-corrected chi connectivity index (χ3v) is 6.80. The molecule has 2 fully saturated rings. The van der Waals surface area contributed by atoms with Crippen molar-refractivity contribution in [3.8, 4) is 11.5 Å². The summed E-state index contributed by atoms with van der Waals surface area (Å²) in [5.74, 6) is 2.36. The Labute approximate surface area is 183 Å². The minimum absolute atomic E-state index is 0.324. The Kier molecular flexibility index (Phi) is 5.98. The molecule has 0 bridgehead atoms. The summed E-state index contributed by atoms with van der Waals surface area (Å²) in [5.41, 5.74) is 0.940. The van der Waals surface area contributed by atoms with Crippen molar-refractivity contribution in [1.82, 2.24) is 19.9 Å². The molecule has 5 rings (SSSR count). The maximum absolute atomic E-state index is 12.5. The molecule has 0 atom stereocenters. The van der Waals surface area contributed by atoms with Crippen molar-refractivity contribution in [2.24, 2.45) is 5.92 Å². The molecule has 0 radical (unpaired) electrons. The standard InChI is InChI=1S/C25H30N4O2/c30-24(12-9-19-5-1-2-6-19)29-15-13-28(14-16-29)18-23-26-25(31-27-23)22-11-10-20-7-3-4-8-21(20)17-22/h3-4,7-8,10-11,17,19H,1-2,5-6,9,12-16,18H2. The summed E-state index contributed by atoms with van der Waals surface area (Å²) >= 11 is 0. The van der Waals surface area contributed by atoms with Crippen LogP contribution in [0, 0.1) is 5.92 Å². The number of rotatable bonds is 6. The predicted molar refractivity (Wildman–Crippen MR) is 120 cm³/mol. The Morgan fingerprint density at radius 2 is 1.77 bits per heavy atom. The Hall–Kier alpha value is -2.73. The highest BCUT2D eigenvalue weighted by atomic mass is 16.5. The van der Waals surface area contributed by atoms with Gasteiger partial charge in [-0.05, 0) is 35.2 Å². The van der Waals surface area contributed by atoms with Gasteiger partial charge < -0.3 is 9.42 Å². The molecule has 1 aromatic heterocycles. The van der Waals surface area contributed by atoms with Crippen LogP contribution in [0.4, 0.5) is 0 Å². The van der Waals surface area contributed by atoms with E-state index < -0.39 is 0 Å². The first-order chi connectivity index (χ1) is 15.2. The van der Waals surface area contributed by atoms with Crippen LogP contribution in [0.15, 0.2) is 47.0 Å². The van der Waals surface area contributed by atoms with Gasteiger partial charge in [0.2, 0.25) is 5.91 Å². The molecule has 1 amide bonds. The van der Waals surface area contributed by atoms with Crippen molar-refractivity contribution in [3.05, 3.63) is 48.3 Å².